The lowest BCUT2D eigenvalue weighted by atomic mass is 10.2. The van der Waals surface area contributed by atoms with Crippen molar-refractivity contribution in [3.63, 3.8) is 0 Å². The van der Waals surface area contributed by atoms with E-state index in [1.807, 2.05) is 24.6 Å². The van der Waals surface area contributed by atoms with E-state index < -0.39 is 0 Å². The molecule has 0 spiro atoms. The van der Waals surface area contributed by atoms with Gasteiger partial charge in [-0.1, -0.05) is 19.1 Å². The van der Waals surface area contributed by atoms with Gasteiger partial charge in [-0.05, 0) is 32.4 Å². The van der Waals surface area contributed by atoms with Crippen LogP contribution < -0.4 is 0 Å². The number of benzene rings is 1. The average Bonchev–Trinajstić information content (AvgIpc) is 3.29. The van der Waals surface area contributed by atoms with Gasteiger partial charge in [-0.25, -0.2) is 19.9 Å². The molecule has 0 radical (unpaired) electrons. The van der Waals surface area contributed by atoms with Gasteiger partial charge in [0.1, 0.15) is 23.3 Å². The van der Waals surface area contributed by atoms with Crippen LogP contribution in [0.4, 0.5) is 0 Å². The van der Waals surface area contributed by atoms with Gasteiger partial charge in [-0.2, -0.15) is 4.68 Å². The molecule has 3 aromatic heterocycles. The molecule has 4 aromatic rings. The van der Waals surface area contributed by atoms with Gasteiger partial charge < -0.3 is 4.57 Å². The Bertz CT molecular complexity index is 1190. The normalized spacial score (nSPS) is 18.7. The van der Waals surface area contributed by atoms with Crippen LogP contribution in [0.5, 0.6) is 0 Å². The van der Waals surface area contributed by atoms with Gasteiger partial charge in [-0.15, -0.1) is 5.10 Å². The van der Waals surface area contributed by atoms with Crippen molar-refractivity contribution in [1.29, 1.82) is 0 Å². The topological polar surface area (TPSA) is 74.3 Å². The number of rotatable bonds is 4. The van der Waals surface area contributed by atoms with E-state index in [0.29, 0.717) is 11.8 Å². The molecule has 1 saturated carbocycles. The van der Waals surface area contributed by atoms with E-state index in [9.17, 15) is 0 Å². The first kappa shape index (κ1) is 17.0. The van der Waals surface area contributed by atoms with Crippen LogP contribution in [0.25, 0.3) is 16.9 Å². The highest BCUT2D eigenvalue weighted by atomic mass is 15.4. The molecule has 28 heavy (non-hydrogen) atoms. The second kappa shape index (κ2) is 6.22. The molecule has 5 rings (SSSR count). The fourth-order valence-corrected chi connectivity index (χ4v) is 4.05. The van der Waals surface area contributed by atoms with E-state index in [4.69, 9.17) is 9.97 Å². The summed E-state index contributed by atoms with van der Waals surface area (Å²) in [5.74, 6) is 5.14. The number of nitrogens with zero attached hydrogens (tertiary/aromatic N) is 7. The van der Waals surface area contributed by atoms with Crippen LogP contribution >= 0.6 is 0 Å². The molecule has 2 atom stereocenters. The van der Waals surface area contributed by atoms with Crippen LogP contribution in [-0.2, 0) is 13.5 Å². The van der Waals surface area contributed by atoms with E-state index >= 15 is 0 Å². The highest BCUT2D eigenvalue weighted by Gasteiger charge is 2.44. The zero-order valence-corrected chi connectivity index (χ0v) is 16.6. The van der Waals surface area contributed by atoms with Gasteiger partial charge in [0.25, 0.3) is 0 Å². The largest absolute Gasteiger partial charge is 0.331 e. The van der Waals surface area contributed by atoms with Crippen molar-refractivity contribution in [3.05, 3.63) is 59.3 Å². The molecule has 1 aliphatic rings. The summed E-state index contributed by atoms with van der Waals surface area (Å²) in [6, 6.07) is 10.4. The molecule has 1 aromatic carbocycles. The third-order valence-corrected chi connectivity index (χ3v) is 5.48. The third kappa shape index (κ3) is 2.69. The van der Waals surface area contributed by atoms with Crippen molar-refractivity contribution in [2.75, 3.05) is 0 Å². The molecular weight excluding hydrogens is 350 g/mol. The van der Waals surface area contributed by atoms with Gasteiger partial charge >= 0.3 is 0 Å². The standard InChI is InChI=1S/C21H23N7/c1-5-19-24-13(3)26-28(19)20-11-17(22-12(2)23-20)14-10-15(14)21-25-16-8-6-7-9-18(16)27(21)4/h6-9,11,14-15H,5,10H2,1-4H3. The number of imidazole rings is 1. The van der Waals surface area contributed by atoms with Crippen LogP contribution in [0.2, 0.25) is 0 Å². The van der Waals surface area contributed by atoms with Crippen LogP contribution in [-0.4, -0.2) is 34.3 Å². The van der Waals surface area contributed by atoms with E-state index in [0.717, 1.165) is 53.2 Å². The van der Waals surface area contributed by atoms with E-state index in [1.54, 1.807) is 0 Å². The lowest BCUT2D eigenvalue weighted by Crippen LogP contribution is -2.08. The number of hydrogen-bond acceptors (Lipinski definition) is 5. The molecule has 0 N–H and O–H groups in total. The van der Waals surface area contributed by atoms with E-state index in [-0.39, 0.29) is 0 Å². The van der Waals surface area contributed by atoms with Gasteiger partial charge in [0.2, 0.25) is 0 Å². The van der Waals surface area contributed by atoms with Crippen molar-refractivity contribution in [2.24, 2.45) is 7.05 Å². The monoisotopic (exact) mass is 373 g/mol. The van der Waals surface area contributed by atoms with Gasteiger partial charge in [-0.3, -0.25) is 0 Å². The second-order valence-electron chi connectivity index (χ2n) is 7.51. The zero-order chi connectivity index (χ0) is 19.4. The van der Waals surface area contributed by atoms with Crippen LogP contribution in [0.3, 0.4) is 0 Å². The third-order valence-electron chi connectivity index (χ3n) is 5.48. The fourth-order valence-electron chi connectivity index (χ4n) is 4.05. The first-order valence-corrected chi connectivity index (χ1v) is 9.75. The van der Waals surface area contributed by atoms with Crippen molar-refractivity contribution < 1.29 is 0 Å². The smallest absolute Gasteiger partial charge is 0.159 e. The summed E-state index contributed by atoms with van der Waals surface area (Å²) in [5.41, 5.74) is 3.29. The predicted octanol–water partition coefficient (Wildman–Crippen LogP) is 3.39. The Balaban J connectivity index is 1.51. The molecule has 1 aliphatic carbocycles. The van der Waals surface area contributed by atoms with Crippen molar-refractivity contribution in [1.82, 2.24) is 34.3 Å². The average molecular weight is 373 g/mol. The number of fused-ring (bicyclic) bond motifs is 1. The highest BCUT2D eigenvalue weighted by molar-refractivity contribution is 5.76. The number of hydrogen-bond donors (Lipinski definition) is 0. The Hall–Kier alpha value is -3.09. The number of para-hydroxylation sites is 2. The fraction of sp³-hybridized carbons (Fsp3) is 0.381. The molecule has 7 nitrogen and oxygen atoms in total. The molecule has 142 valence electrons. The molecule has 3 heterocycles. The first-order valence-electron chi connectivity index (χ1n) is 9.75. The number of aryl methyl sites for hydroxylation is 4. The Morgan fingerprint density at radius 1 is 1.00 bits per heavy atom. The summed E-state index contributed by atoms with van der Waals surface area (Å²) < 4.78 is 4.06. The summed E-state index contributed by atoms with van der Waals surface area (Å²) in [5, 5.41) is 4.53. The van der Waals surface area contributed by atoms with Crippen LogP contribution in [0.15, 0.2) is 30.3 Å². The first-order chi connectivity index (χ1) is 13.5. The lowest BCUT2D eigenvalue weighted by Gasteiger charge is -2.08. The molecule has 2 unspecified atom stereocenters. The van der Waals surface area contributed by atoms with Gasteiger partial charge in [0, 0.05) is 31.4 Å². The minimum Gasteiger partial charge on any atom is -0.331 e. The lowest BCUT2D eigenvalue weighted by molar-refractivity contribution is 0.751. The minimum atomic E-state index is 0.366. The van der Waals surface area contributed by atoms with Crippen molar-refractivity contribution >= 4 is 11.0 Å². The van der Waals surface area contributed by atoms with Crippen molar-refractivity contribution in [2.45, 2.75) is 45.4 Å². The maximum absolute atomic E-state index is 4.88. The summed E-state index contributed by atoms with van der Waals surface area (Å²) in [6.45, 7) is 5.93. The summed E-state index contributed by atoms with van der Waals surface area (Å²) >= 11 is 0. The Kier molecular flexibility index (Phi) is 3.79. The Labute approximate surface area is 163 Å². The molecule has 0 amide bonds. The Morgan fingerprint density at radius 3 is 2.61 bits per heavy atom. The zero-order valence-electron chi connectivity index (χ0n) is 16.6. The highest BCUT2D eigenvalue weighted by Crippen LogP contribution is 2.54. The Morgan fingerprint density at radius 2 is 1.82 bits per heavy atom. The quantitative estimate of drug-likeness (QED) is 0.548. The molecular formula is C21H23N7. The number of aromatic nitrogens is 7. The van der Waals surface area contributed by atoms with Crippen molar-refractivity contribution in [3.8, 4) is 5.82 Å². The summed E-state index contributed by atoms with van der Waals surface area (Å²) in [7, 11) is 2.10. The van der Waals surface area contributed by atoms with Gasteiger partial charge in [0.05, 0.1) is 16.7 Å². The summed E-state index contributed by atoms with van der Waals surface area (Å²) in [4.78, 5) is 18.7. The molecule has 1 fully saturated rings. The van der Waals surface area contributed by atoms with E-state index in [2.05, 4.69) is 57.9 Å². The SMILES string of the molecule is CCc1nc(C)nn1-c1cc(C2CC2c2nc3ccccc3n2C)nc(C)n1. The van der Waals surface area contributed by atoms with E-state index in [1.165, 1.54) is 5.52 Å². The molecule has 0 bridgehead atoms. The maximum atomic E-state index is 4.88. The summed E-state index contributed by atoms with van der Waals surface area (Å²) in [6.07, 6.45) is 1.87. The second-order valence-corrected chi connectivity index (χ2v) is 7.51. The molecule has 7 heteroatoms. The predicted molar refractivity (Wildman–Crippen MR) is 107 cm³/mol. The molecule has 0 aliphatic heterocycles. The maximum Gasteiger partial charge on any atom is 0.159 e. The van der Waals surface area contributed by atoms with Crippen LogP contribution in [0.1, 0.15) is 54.2 Å². The minimum absolute atomic E-state index is 0.366. The van der Waals surface area contributed by atoms with Gasteiger partial charge in [0.15, 0.2) is 5.82 Å². The molecule has 0 saturated heterocycles. The van der Waals surface area contributed by atoms with Crippen LogP contribution in [0, 0.1) is 13.8 Å².